The summed E-state index contributed by atoms with van der Waals surface area (Å²) in [4.78, 5) is 12.3. The maximum absolute atomic E-state index is 12.3. The number of hydrogen-bond acceptors (Lipinski definition) is 4. The quantitative estimate of drug-likeness (QED) is 0.624. The molecule has 3 rings (SSSR count). The van der Waals surface area contributed by atoms with E-state index >= 15 is 0 Å². The molecule has 0 bridgehead atoms. The highest BCUT2D eigenvalue weighted by Crippen LogP contribution is 2.16. The van der Waals surface area contributed by atoms with E-state index in [1.807, 2.05) is 61.5 Å². The summed E-state index contributed by atoms with van der Waals surface area (Å²) in [5.41, 5.74) is 1.83. The first kappa shape index (κ1) is 17.6. The number of aryl methyl sites for hydroxylation is 1. The van der Waals surface area contributed by atoms with Crippen molar-refractivity contribution in [2.24, 2.45) is 0 Å². The summed E-state index contributed by atoms with van der Waals surface area (Å²) >= 11 is 0. The Morgan fingerprint density at radius 3 is 2.62 bits per heavy atom. The molecule has 0 aliphatic carbocycles. The zero-order chi connectivity index (χ0) is 18.2. The molecule has 5 nitrogen and oxygen atoms in total. The van der Waals surface area contributed by atoms with Gasteiger partial charge < -0.3 is 19.2 Å². The van der Waals surface area contributed by atoms with Gasteiger partial charge in [-0.1, -0.05) is 30.3 Å². The number of amides is 1. The van der Waals surface area contributed by atoms with Gasteiger partial charge in [-0.15, -0.1) is 0 Å². The third kappa shape index (κ3) is 4.89. The van der Waals surface area contributed by atoms with Gasteiger partial charge in [-0.25, -0.2) is 0 Å². The van der Waals surface area contributed by atoms with Crippen LogP contribution in [-0.4, -0.2) is 19.1 Å². The number of nitrogens with one attached hydrogen (secondary N) is 1. The van der Waals surface area contributed by atoms with Crippen molar-refractivity contribution in [1.82, 2.24) is 5.32 Å². The van der Waals surface area contributed by atoms with Crippen LogP contribution in [0.25, 0.3) is 0 Å². The minimum atomic E-state index is -0.283. The highest BCUT2D eigenvalue weighted by Gasteiger charge is 2.15. The smallest absolute Gasteiger partial charge is 0.287 e. The van der Waals surface area contributed by atoms with Crippen LogP contribution in [-0.2, 0) is 6.61 Å². The van der Waals surface area contributed by atoms with E-state index in [4.69, 9.17) is 13.9 Å². The minimum absolute atomic E-state index is 0.261. The molecule has 1 aromatic heterocycles. The van der Waals surface area contributed by atoms with Gasteiger partial charge in [0.2, 0.25) is 0 Å². The van der Waals surface area contributed by atoms with E-state index in [1.54, 1.807) is 6.07 Å². The van der Waals surface area contributed by atoms with Crippen LogP contribution in [0.2, 0.25) is 0 Å². The van der Waals surface area contributed by atoms with Crippen LogP contribution in [0.4, 0.5) is 0 Å². The molecule has 3 aromatic rings. The second-order valence-electron chi connectivity index (χ2n) is 5.80. The molecule has 0 saturated carbocycles. The molecule has 0 unspecified atom stereocenters. The zero-order valence-electron chi connectivity index (χ0n) is 14.6. The van der Waals surface area contributed by atoms with Gasteiger partial charge in [0.05, 0.1) is 12.8 Å². The maximum atomic E-state index is 12.3. The van der Waals surface area contributed by atoms with Gasteiger partial charge in [-0.2, -0.15) is 0 Å². The summed E-state index contributed by atoms with van der Waals surface area (Å²) in [6.07, 6.45) is 1.49. The Morgan fingerprint density at radius 2 is 1.81 bits per heavy atom. The van der Waals surface area contributed by atoms with Crippen molar-refractivity contribution in [1.29, 1.82) is 0 Å². The lowest BCUT2D eigenvalue weighted by atomic mass is 10.2. The average Bonchev–Trinajstić information content (AvgIpc) is 3.13. The fourth-order valence-electron chi connectivity index (χ4n) is 2.45. The van der Waals surface area contributed by atoms with Crippen LogP contribution < -0.4 is 14.8 Å². The second-order valence-corrected chi connectivity index (χ2v) is 5.80. The summed E-state index contributed by atoms with van der Waals surface area (Å²) in [5, 5.41) is 2.80. The van der Waals surface area contributed by atoms with E-state index in [0.717, 1.165) is 17.1 Å². The number of hydrogen-bond donors (Lipinski definition) is 1. The first-order valence-electron chi connectivity index (χ1n) is 8.44. The summed E-state index contributed by atoms with van der Waals surface area (Å²) in [5.74, 6) is 1.51. The molecule has 1 heterocycles. The first-order valence-corrected chi connectivity index (χ1v) is 8.44. The van der Waals surface area contributed by atoms with Crippen molar-refractivity contribution in [3.05, 3.63) is 83.8 Å². The van der Waals surface area contributed by atoms with E-state index in [-0.39, 0.29) is 18.3 Å². The number of rotatable bonds is 8. The topological polar surface area (TPSA) is 60.7 Å². The van der Waals surface area contributed by atoms with E-state index in [2.05, 4.69) is 5.32 Å². The highest BCUT2D eigenvalue weighted by molar-refractivity contribution is 5.92. The van der Waals surface area contributed by atoms with Gasteiger partial charge in [0.15, 0.2) is 5.76 Å². The van der Waals surface area contributed by atoms with Gasteiger partial charge in [0.1, 0.15) is 24.7 Å². The summed E-state index contributed by atoms with van der Waals surface area (Å²) in [6, 6.07) is 19.0. The van der Waals surface area contributed by atoms with E-state index in [9.17, 15) is 4.79 Å². The third-order valence-electron chi connectivity index (χ3n) is 3.74. The van der Waals surface area contributed by atoms with Crippen LogP contribution in [0.1, 0.15) is 21.7 Å². The Hall–Kier alpha value is -3.21. The molecule has 26 heavy (non-hydrogen) atoms. The van der Waals surface area contributed by atoms with Crippen LogP contribution >= 0.6 is 0 Å². The SMILES string of the molecule is Cc1cccc(OCCNC(=O)c2occc2COc2ccccc2)c1. The van der Waals surface area contributed by atoms with Gasteiger partial charge in [0.25, 0.3) is 5.91 Å². The van der Waals surface area contributed by atoms with E-state index in [1.165, 1.54) is 6.26 Å². The number of furan rings is 1. The Morgan fingerprint density at radius 1 is 1.00 bits per heavy atom. The van der Waals surface area contributed by atoms with Crippen LogP contribution in [0.5, 0.6) is 11.5 Å². The molecule has 0 radical (unpaired) electrons. The van der Waals surface area contributed by atoms with E-state index < -0.39 is 0 Å². The molecule has 1 N–H and O–H groups in total. The Bertz CT molecular complexity index is 842. The predicted molar refractivity (Wildman–Crippen MR) is 98.5 cm³/mol. The standard InChI is InChI=1S/C21H21NO4/c1-16-6-5-9-19(14-16)24-13-11-22-21(23)20-17(10-12-25-20)15-26-18-7-3-2-4-8-18/h2-10,12,14H,11,13,15H2,1H3,(H,22,23). The van der Waals surface area contributed by atoms with Gasteiger partial charge >= 0.3 is 0 Å². The molecule has 0 atom stereocenters. The summed E-state index contributed by atoms with van der Waals surface area (Å²) in [7, 11) is 0. The van der Waals surface area contributed by atoms with Crippen molar-refractivity contribution in [2.75, 3.05) is 13.2 Å². The largest absolute Gasteiger partial charge is 0.492 e. The lowest BCUT2D eigenvalue weighted by Crippen LogP contribution is -2.28. The van der Waals surface area contributed by atoms with Crippen molar-refractivity contribution in [2.45, 2.75) is 13.5 Å². The summed E-state index contributed by atoms with van der Waals surface area (Å²) < 4.78 is 16.6. The molecule has 5 heteroatoms. The van der Waals surface area contributed by atoms with Gasteiger partial charge in [-0.3, -0.25) is 4.79 Å². The molecule has 0 fully saturated rings. The van der Waals surface area contributed by atoms with Crippen molar-refractivity contribution in [3.63, 3.8) is 0 Å². The predicted octanol–water partition coefficient (Wildman–Crippen LogP) is 3.98. The first-order chi connectivity index (χ1) is 12.7. The Kier molecular flexibility index (Phi) is 5.93. The minimum Gasteiger partial charge on any atom is -0.492 e. The van der Waals surface area contributed by atoms with Gasteiger partial charge in [-0.05, 0) is 42.8 Å². The molecule has 0 spiro atoms. The van der Waals surface area contributed by atoms with Crippen molar-refractivity contribution < 1.29 is 18.7 Å². The lowest BCUT2D eigenvalue weighted by molar-refractivity contribution is 0.0916. The molecule has 0 saturated heterocycles. The number of carbonyl (C=O) groups is 1. The molecule has 2 aromatic carbocycles. The molecule has 0 aliphatic rings. The molecule has 1 amide bonds. The molecule has 134 valence electrons. The lowest BCUT2D eigenvalue weighted by Gasteiger charge is -2.09. The Labute approximate surface area is 152 Å². The third-order valence-corrected chi connectivity index (χ3v) is 3.74. The Balaban J connectivity index is 1.47. The fourth-order valence-corrected chi connectivity index (χ4v) is 2.45. The number of benzene rings is 2. The normalized spacial score (nSPS) is 10.3. The summed E-state index contributed by atoms with van der Waals surface area (Å²) in [6.45, 7) is 3.03. The molecule has 0 aliphatic heterocycles. The average molecular weight is 351 g/mol. The fraction of sp³-hybridized carbons (Fsp3) is 0.190. The van der Waals surface area contributed by atoms with Crippen LogP contribution in [0, 0.1) is 6.92 Å². The molecular weight excluding hydrogens is 330 g/mol. The zero-order valence-corrected chi connectivity index (χ0v) is 14.6. The monoisotopic (exact) mass is 351 g/mol. The number of carbonyl (C=O) groups excluding carboxylic acids is 1. The number of para-hydroxylation sites is 1. The van der Waals surface area contributed by atoms with Gasteiger partial charge in [0, 0.05) is 5.56 Å². The van der Waals surface area contributed by atoms with Crippen molar-refractivity contribution in [3.8, 4) is 11.5 Å². The van der Waals surface area contributed by atoms with Crippen LogP contribution in [0.15, 0.2) is 71.3 Å². The number of ether oxygens (including phenoxy) is 2. The van der Waals surface area contributed by atoms with E-state index in [0.29, 0.717) is 18.7 Å². The van der Waals surface area contributed by atoms with Crippen molar-refractivity contribution >= 4 is 5.91 Å². The maximum Gasteiger partial charge on any atom is 0.287 e. The highest BCUT2D eigenvalue weighted by atomic mass is 16.5. The molecular formula is C21H21NO4. The van der Waals surface area contributed by atoms with Crippen LogP contribution in [0.3, 0.4) is 0 Å². The second kappa shape index (κ2) is 8.76.